The fourth-order valence-corrected chi connectivity index (χ4v) is 2.91. The number of hydrogen-bond donors (Lipinski definition) is 3. The monoisotopic (exact) mass is 368 g/mol. The zero-order valence-corrected chi connectivity index (χ0v) is 15.7. The Kier molecular flexibility index (Phi) is 8.35. The van der Waals surface area contributed by atoms with Crippen LogP contribution >= 0.6 is 12.4 Å². The molecule has 1 heterocycles. The van der Waals surface area contributed by atoms with Crippen LogP contribution in [0.5, 0.6) is 0 Å². The first kappa shape index (κ1) is 21.4. The van der Waals surface area contributed by atoms with E-state index in [0.29, 0.717) is 0 Å². The molecule has 2 rings (SSSR count). The van der Waals surface area contributed by atoms with Crippen LogP contribution in [0.25, 0.3) is 0 Å². The van der Waals surface area contributed by atoms with Gasteiger partial charge >= 0.3 is 0 Å². The summed E-state index contributed by atoms with van der Waals surface area (Å²) in [5, 5.41) is 2.88. The number of carbonyl (C=O) groups excluding carboxylic acids is 2. The van der Waals surface area contributed by atoms with Gasteiger partial charge in [0.15, 0.2) is 0 Å². The van der Waals surface area contributed by atoms with Crippen LogP contribution in [0.1, 0.15) is 32.3 Å². The van der Waals surface area contributed by atoms with Crippen molar-refractivity contribution >= 4 is 29.9 Å². The summed E-state index contributed by atoms with van der Waals surface area (Å²) in [6, 6.07) is 7.31. The average Bonchev–Trinajstić information content (AvgIpc) is 2.54. The Balaban J connectivity index is 0.00000312. The number of rotatable bonds is 6. The number of hydrogen-bond acceptors (Lipinski definition) is 4. The van der Waals surface area contributed by atoms with Crippen LogP contribution in [0.2, 0.25) is 0 Å². The zero-order valence-electron chi connectivity index (χ0n) is 14.9. The molecule has 0 bridgehead atoms. The van der Waals surface area contributed by atoms with E-state index in [9.17, 15) is 9.59 Å². The molecule has 1 aliphatic heterocycles. The van der Waals surface area contributed by atoms with Gasteiger partial charge < -0.3 is 16.8 Å². The molecule has 0 saturated carbocycles. The lowest BCUT2D eigenvalue weighted by Crippen LogP contribution is -2.39. The van der Waals surface area contributed by atoms with E-state index in [1.165, 1.54) is 0 Å². The summed E-state index contributed by atoms with van der Waals surface area (Å²) in [5.41, 5.74) is 13.1. The SMILES string of the molecule is CC(C)[C@H](N)C(=O)Nc1cccc(CN2CCC(C(N)=O)CC2)c1.Cl. The number of amides is 2. The van der Waals surface area contributed by atoms with Crippen LogP contribution in [0.4, 0.5) is 5.69 Å². The number of piperidine rings is 1. The number of primary amides is 1. The molecule has 0 aliphatic carbocycles. The quantitative estimate of drug-likeness (QED) is 0.711. The van der Waals surface area contributed by atoms with Crippen LogP contribution in [0.15, 0.2) is 24.3 Å². The van der Waals surface area contributed by atoms with E-state index in [1.54, 1.807) is 0 Å². The molecule has 1 aliphatic rings. The minimum atomic E-state index is -0.513. The molecule has 0 aromatic heterocycles. The number of nitrogens with one attached hydrogen (secondary N) is 1. The first-order valence-electron chi connectivity index (χ1n) is 8.54. The highest BCUT2D eigenvalue weighted by Crippen LogP contribution is 2.20. The second-order valence-corrected chi connectivity index (χ2v) is 6.91. The Bertz CT molecular complexity index is 586. The number of nitrogens with two attached hydrogens (primary N) is 2. The third kappa shape index (κ3) is 6.30. The van der Waals surface area contributed by atoms with Gasteiger partial charge in [-0.15, -0.1) is 12.4 Å². The van der Waals surface area contributed by atoms with Gasteiger partial charge in [-0.25, -0.2) is 0 Å². The van der Waals surface area contributed by atoms with Crippen LogP contribution in [0, 0.1) is 11.8 Å². The molecule has 1 fully saturated rings. The van der Waals surface area contributed by atoms with E-state index in [4.69, 9.17) is 11.5 Å². The van der Waals surface area contributed by atoms with Crippen molar-refractivity contribution in [3.05, 3.63) is 29.8 Å². The third-order valence-electron chi connectivity index (χ3n) is 4.61. The lowest BCUT2D eigenvalue weighted by Gasteiger charge is -2.30. The average molecular weight is 369 g/mol. The number of anilines is 1. The van der Waals surface area contributed by atoms with Crippen molar-refractivity contribution in [3.63, 3.8) is 0 Å². The highest BCUT2D eigenvalue weighted by atomic mass is 35.5. The minimum Gasteiger partial charge on any atom is -0.369 e. The van der Waals surface area contributed by atoms with E-state index in [1.807, 2.05) is 38.1 Å². The fraction of sp³-hybridized carbons (Fsp3) is 0.556. The van der Waals surface area contributed by atoms with E-state index in [2.05, 4.69) is 10.2 Å². The summed E-state index contributed by atoms with van der Waals surface area (Å²) in [6.45, 7) is 6.38. The van der Waals surface area contributed by atoms with E-state index in [-0.39, 0.29) is 36.1 Å². The Morgan fingerprint density at radius 1 is 1.28 bits per heavy atom. The molecule has 0 unspecified atom stereocenters. The Morgan fingerprint density at radius 2 is 1.92 bits per heavy atom. The van der Waals surface area contributed by atoms with Crippen LogP contribution in [-0.4, -0.2) is 35.8 Å². The molecule has 1 aromatic rings. The van der Waals surface area contributed by atoms with Crippen LogP contribution in [0.3, 0.4) is 0 Å². The minimum absolute atomic E-state index is 0. The Labute approximate surface area is 155 Å². The smallest absolute Gasteiger partial charge is 0.241 e. The van der Waals surface area contributed by atoms with Gasteiger partial charge in [-0.1, -0.05) is 26.0 Å². The first-order chi connectivity index (χ1) is 11.4. The maximum Gasteiger partial charge on any atom is 0.241 e. The zero-order chi connectivity index (χ0) is 17.7. The van der Waals surface area contributed by atoms with E-state index in [0.717, 1.165) is 43.7 Å². The topological polar surface area (TPSA) is 101 Å². The number of halogens is 1. The highest BCUT2D eigenvalue weighted by molar-refractivity contribution is 5.94. The molecule has 0 spiro atoms. The third-order valence-corrected chi connectivity index (χ3v) is 4.61. The van der Waals surface area contributed by atoms with Crippen LogP contribution in [-0.2, 0) is 16.1 Å². The van der Waals surface area contributed by atoms with Gasteiger partial charge in [0.05, 0.1) is 6.04 Å². The standard InChI is InChI=1S/C18H28N4O2.ClH/c1-12(2)16(19)18(24)21-15-5-3-4-13(10-15)11-22-8-6-14(7-9-22)17(20)23;/h3-5,10,12,14,16H,6-9,11,19H2,1-2H3,(H2,20,23)(H,21,24);1H/t16-;/m0./s1. The Hall–Kier alpha value is -1.63. The first-order valence-corrected chi connectivity index (χ1v) is 8.54. The van der Waals surface area contributed by atoms with Crippen molar-refractivity contribution in [3.8, 4) is 0 Å². The highest BCUT2D eigenvalue weighted by Gasteiger charge is 2.23. The number of benzene rings is 1. The van der Waals surface area contributed by atoms with Gasteiger partial charge in [0.25, 0.3) is 0 Å². The van der Waals surface area contributed by atoms with Crippen molar-refractivity contribution in [1.29, 1.82) is 0 Å². The lowest BCUT2D eigenvalue weighted by atomic mass is 9.96. The van der Waals surface area contributed by atoms with Gasteiger partial charge in [-0.05, 0) is 49.5 Å². The van der Waals surface area contributed by atoms with Crippen molar-refractivity contribution in [2.45, 2.75) is 39.3 Å². The molecular formula is C18H29ClN4O2. The van der Waals surface area contributed by atoms with Crippen molar-refractivity contribution in [2.24, 2.45) is 23.3 Å². The van der Waals surface area contributed by atoms with Gasteiger partial charge in [0, 0.05) is 18.2 Å². The molecule has 0 radical (unpaired) electrons. The van der Waals surface area contributed by atoms with Gasteiger partial charge in [-0.2, -0.15) is 0 Å². The molecule has 140 valence electrons. The van der Waals surface area contributed by atoms with Crippen molar-refractivity contribution < 1.29 is 9.59 Å². The summed E-state index contributed by atoms with van der Waals surface area (Å²) < 4.78 is 0. The summed E-state index contributed by atoms with van der Waals surface area (Å²) >= 11 is 0. The molecule has 1 saturated heterocycles. The molecule has 6 nitrogen and oxygen atoms in total. The summed E-state index contributed by atoms with van der Waals surface area (Å²) in [5.74, 6) is -0.255. The maximum atomic E-state index is 12.1. The van der Waals surface area contributed by atoms with Crippen molar-refractivity contribution in [2.75, 3.05) is 18.4 Å². The predicted octanol–water partition coefficient (Wildman–Crippen LogP) is 1.73. The Morgan fingerprint density at radius 3 is 2.48 bits per heavy atom. The predicted molar refractivity (Wildman–Crippen MR) is 102 cm³/mol. The largest absolute Gasteiger partial charge is 0.369 e. The van der Waals surface area contributed by atoms with Gasteiger partial charge in [-0.3, -0.25) is 14.5 Å². The number of nitrogens with zero attached hydrogens (tertiary/aromatic N) is 1. The van der Waals surface area contributed by atoms with Gasteiger partial charge in [0.2, 0.25) is 11.8 Å². The summed E-state index contributed by atoms with van der Waals surface area (Å²) in [7, 11) is 0. The van der Waals surface area contributed by atoms with Gasteiger partial charge in [0.1, 0.15) is 0 Å². The summed E-state index contributed by atoms with van der Waals surface area (Å²) in [4.78, 5) is 25.6. The van der Waals surface area contributed by atoms with Crippen LogP contribution < -0.4 is 16.8 Å². The maximum absolute atomic E-state index is 12.1. The molecular weight excluding hydrogens is 340 g/mol. The second kappa shape index (κ2) is 9.75. The number of carbonyl (C=O) groups is 2. The fourth-order valence-electron chi connectivity index (χ4n) is 2.91. The van der Waals surface area contributed by atoms with Crippen molar-refractivity contribution in [1.82, 2.24) is 4.90 Å². The lowest BCUT2D eigenvalue weighted by molar-refractivity contribution is -0.123. The molecule has 1 atom stereocenters. The molecule has 2 amide bonds. The molecule has 7 heteroatoms. The number of likely N-dealkylation sites (tertiary alicyclic amines) is 1. The summed E-state index contributed by atoms with van der Waals surface area (Å²) in [6.07, 6.45) is 1.63. The normalized spacial score (nSPS) is 17.0. The van der Waals surface area contributed by atoms with E-state index < -0.39 is 6.04 Å². The second-order valence-electron chi connectivity index (χ2n) is 6.91. The van der Waals surface area contributed by atoms with E-state index >= 15 is 0 Å². The molecule has 1 aromatic carbocycles. The molecule has 5 N–H and O–H groups in total. The molecule has 25 heavy (non-hydrogen) atoms.